The number of likely N-dealkylation sites (tertiary alicyclic amines) is 1. The number of carbonyl (C=O) groups excluding carboxylic acids is 1. The summed E-state index contributed by atoms with van der Waals surface area (Å²) in [5.41, 5.74) is 2.42. The predicted octanol–water partition coefficient (Wildman–Crippen LogP) is 1.17. The van der Waals surface area contributed by atoms with E-state index in [1.165, 1.54) is 21.6 Å². The van der Waals surface area contributed by atoms with Crippen molar-refractivity contribution in [3.05, 3.63) is 80.8 Å². The minimum absolute atomic E-state index is 0.0634. The zero-order chi connectivity index (χ0) is 20.5. The van der Waals surface area contributed by atoms with E-state index in [9.17, 15) is 14.4 Å². The highest BCUT2D eigenvalue weighted by atomic mass is 16.2. The molecule has 0 radical (unpaired) electrons. The molecule has 1 amide bonds. The van der Waals surface area contributed by atoms with E-state index < -0.39 is 0 Å². The number of hydrogen-bond donors (Lipinski definition) is 0. The number of nitrogens with zero attached hydrogens (tertiary/aromatic N) is 5. The molecule has 0 bridgehead atoms. The fourth-order valence-corrected chi connectivity index (χ4v) is 3.30. The average molecular weight is 391 g/mol. The molecule has 3 heterocycles. The normalized spacial score (nSPS) is 13.9. The summed E-state index contributed by atoms with van der Waals surface area (Å²) in [4.78, 5) is 42.8. The van der Waals surface area contributed by atoms with Gasteiger partial charge in [0, 0.05) is 36.0 Å². The van der Waals surface area contributed by atoms with Crippen molar-refractivity contribution in [2.45, 2.75) is 26.4 Å². The summed E-state index contributed by atoms with van der Waals surface area (Å²) in [6, 6.07) is 12.6. The molecule has 2 aromatic heterocycles. The highest BCUT2D eigenvalue weighted by Crippen LogP contribution is 2.21. The van der Waals surface area contributed by atoms with Gasteiger partial charge in [0.1, 0.15) is 6.54 Å². The lowest BCUT2D eigenvalue weighted by atomic mass is 10.1. The van der Waals surface area contributed by atoms with Crippen molar-refractivity contribution in [2.24, 2.45) is 0 Å². The van der Waals surface area contributed by atoms with E-state index in [2.05, 4.69) is 10.1 Å². The number of amides is 1. The molecule has 1 fully saturated rings. The van der Waals surface area contributed by atoms with Gasteiger partial charge in [-0.3, -0.25) is 19.0 Å². The Bertz CT molecular complexity index is 1180. The van der Waals surface area contributed by atoms with Gasteiger partial charge in [0.25, 0.3) is 11.1 Å². The van der Waals surface area contributed by atoms with Crippen LogP contribution in [0.1, 0.15) is 17.3 Å². The lowest BCUT2D eigenvalue weighted by Gasteiger charge is -2.39. The van der Waals surface area contributed by atoms with Gasteiger partial charge in [0.15, 0.2) is 0 Å². The fraction of sp³-hybridized carbons (Fsp3) is 0.286. The molecule has 1 saturated heterocycles. The second kappa shape index (κ2) is 7.46. The third-order valence-electron chi connectivity index (χ3n) is 5.28. The first-order valence-corrected chi connectivity index (χ1v) is 9.40. The lowest BCUT2D eigenvalue weighted by Crippen LogP contribution is -2.54. The molecule has 0 spiro atoms. The van der Waals surface area contributed by atoms with Crippen molar-refractivity contribution in [3.63, 3.8) is 0 Å². The van der Waals surface area contributed by atoms with Gasteiger partial charge < -0.3 is 4.90 Å². The minimum atomic E-state index is -0.212. The molecule has 1 aromatic carbocycles. The molecule has 0 N–H and O–H groups in total. The Morgan fingerprint density at radius 1 is 1.07 bits per heavy atom. The molecule has 0 saturated carbocycles. The minimum Gasteiger partial charge on any atom is -0.337 e. The monoisotopic (exact) mass is 391 g/mol. The van der Waals surface area contributed by atoms with Gasteiger partial charge in [-0.15, -0.1) is 0 Å². The van der Waals surface area contributed by atoms with Gasteiger partial charge in [-0.05, 0) is 19.9 Å². The molecule has 8 heteroatoms. The Kier molecular flexibility index (Phi) is 4.84. The fourth-order valence-electron chi connectivity index (χ4n) is 3.30. The van der Waals surface area contributed by atoms with Crippen LogP contribution in [0.5, 0.6) is 0 Å². The van der Waals surface area contributed by atoms with Crippen LogP contribution in [0.2, 0.25) is 0 Å². The van der Waals surface area contributed by atoms with Crippen LogP contribution in [-0.4, -0.2) is 43.2 Å². The number of aryl methyl sites for hydroxylation is 1. The highest BCUT2D eigenvalue weighted by Gasteiger charge is 2.33. The van der Waals surface area contributed by atoms with E-state index in [4.69, 9.17) is 0 Å². The first-order chi connectivity index (χ1) is 13.9. The van der Waals surface area contributed by atoms with Crippen molar-refractivity contribution >= 4 is 5.91 Å². The molecule has 0 unspecified atom stereocenters. The first kappa shape index (κ1) is 18.8. The molecule has 0 atom stereocenters. The Balaban J connectivity index is 1.46. The summed E-state index contributed by atoms with van der Waals surface area (Å²) in [5, 5.41) is 4.48. The summed E-state index contributed by atoms with van der Waals surface area (Å²) in [7, 11) is 0. The van der Waals surface area contributed by atoms with Crippen LogP contribution in [0.25, 0.3) is 11.3 Å². The molecule has 3 aromatic rings. The SMILES string of the molecule is Cc1ncn(CC(=O)N2CC(n3nc(-c4ccccc4)ccc3=O)C2)c(=O)c1C. The molecule has 29 heavy (non-hydrogen) atoms. The van der Waals surface area contributed by atoms with Gasteiger partial charge in [-0.2, -0.15) is 5.10 Å². The van der Waals surface area contributed by atoms with Crippen LogP contribution < -0.4 is 11.1 Å². The summed E-state index contributed by atoms with van der Waals surface area (Å²) < 4.78 is 2.76. The van der Waals surface area contributed by atoms with Gasteiger partial charge in [-0.25, -0.2) is 9.67 Å². The number of benzene rings is 1. The van der Waals surface area contributed by atoms with Gasteiger partial charge >= 0.3 is 0 Å². The smallest absolute Gasteiger partial charge is 0.267 e. The van der Waals surface area contributed by atoms with Gasteiger partial charge in [-0.1, -0.05) is 30.3 Å². The van der Waals surface area contributed by atoms with Crippen molar-refractivity contribution in [1.82, 2.24) is 24.2 Å². The number of carbonyl (C=O) groups is 1. The van der Waals surface area contributed by atoms with Crippen LogP contribution in [0.4, 0.5) is 0 Å². The van der Waals surface area contributed by atoms with E-state index in [-0.39, 0.29) is 29.6 Å². The van der Waals surface area contributed by atoms with Crippen molar-refractivity contribution in [1.29, 1.82) is 0 Å². The van der Waals surface area contributed by atoms with Crippen LogP contribution in [0.3, 0.4) is 0 Å². The molecule has 0 aliphatic carbocycles. The number of aromatic nitrogens is 4. The predicted molar refractivity (Wildman–Crippen MR) is 108 cm³/mol. The molecular weight excluding hydrogens is 370 g/mol. The summed E-state index contributed by atoms with van der Waals surface area (Å²) in [5.74, 6) is -0.180. The van der Waals surface area contributed by atoms with E-state index in [1.54, 1.807) is 24.8 Å². The van der Waals surface area contributed by atoms with E-state index in [0.717, 1.165) is 5.56 Å². The topological polar surface area (TPSA) is 90.1 Å². The van der Waals surface area contributed by atoms with Crippen molar-refractivity contribution in [2.75, 3.05) is 13.1 Å². The van der Waals surface area contributed by atoms with E-state index >= 15 is 0 Å². The maximum atomic E-state index is 12.5. The zero-order valence-corrected chi connectivity index (χ0v) is 16.3. The number of hydrogen-bond acceptors (Lipinski definition) is 5. The van der Waals surface area contributed by atoms with Crippen LogP contribution in [-0.2, 0) is 11.3 Å². The van der Waals surface area contributed by atoms with Crippen molar-refractivity contribution in [3.8, 4) is 11.3 Å². The standard InChI is InChI=1S/C21H21N5O3/c1-14-15(2)22-13-25(21(14)29)12-20(28)24-10-17(11-24)26-19(27)9-8-18(23-26)16-6-4-3-5-7-16/h3-9,13,17H,10-12H2,1-2H3. The Labute approximate surface area is 167 Å². The second-order valence-electron chi connectivity index (χ2n) is 7.21. The first-order valence-electron chi connectivity index (χ1n) is 9.40. The molecular formula is C21H21N5O3. The Morgan fingerprint density at radius 3 is 2.52 bits per heavy atom. The van der Waals surface area contributed by atoms with E-state index in [1.807, 2.05) is 30.3 Å². The molecule has 1 aliphatic heterocycles. The van der Waals surface area contributed by atoms with Crippen molar-refractivity contribution < 1.29 is 4.79 Å². The average Bonchev–Trinajstić information content (AvgIpc) is 2.69. The molecule has 4 rings (SSSR count). The lowest BCUT2D eigenvalue weighted by molar-refractivity contribution is -0.138. The summed E-state index contributed by atoms with van der Waals surface area (Å²) in [6.45, 7) is 4.17. The Morgan fingerprint density at radius 2 is 1.79 bits per heavy atom. The third-order valence-corrected chi connectivity index (χ3v) is 5.28. The van der Waals surface area contributed by atoms with Gasteiger partial charge in [0.2, 0.25) is 5.91 Å². The summed E-state index contributed by atoms with van der Waals surface area (Å²) >= 11 is 0. The highest BCUT2D eigenvalue weighted by molar-refractivity contribution is 5.77. The largest absolute Gasteiger partial charge is 0.337 e. The third kappa shape index (κ3) is 3.61. The van der Waals surface area contributed by atoms with Crippen LogP contribution >= 0.6 is 0 Å². The maximum absolute atomic E-state index is 12.5. The van der Waals surface area contributed by atoms with E-state index in [0.29, 0.717) is 30.0 Å². The maximum Gasteiger partial charge on any atom is 0.267 e. The number of rotatable bonds is 4. The Hall–Kier alpha value is -3.55. The summed E-state index contributed by atoms with van der Waals surface area (Å²) in [6.07, 6.45) is 1.40. The molecule has 8 nitrogen and oxygen atoms in total. The second-order valence-corrected chi connectivity index (χ2v) is 7.21. The molecule has 148 valence electrons. The van der Waals surface area contributed by atoms with Crippen LogP contribution in [0, 0.1) is 13.8 Å². The quantitative estimate of drug-likeness (QED) is 0.666. The van der Waals surface area contributed by atoms with Crippen LogP contribution in [0.15, 0.2) is 58.4 Å². The zero-order valence-electron chi connectivity index (χ0n) is 16.3. The van der Waals surface area contributed by atoms with Gasteiger partial charge in [0.05, 0.1) is 18.1 Å². The molecule has 1 aliphatic rings.